The highest BCUT2D eigenvalue weighted by molar-refractivity contribution is 7.89. The van der Waals surface area contributed by atoms with E-state index in [-0.39, 0.29) is 18.0 Å². The highest BCUT2D eigenvalue weighted by Crippen LogP contribution is 2.28. The van der Waals surface area contributed by atoms with E-state index in [1.165, 1.54) is 31.4 Å². The highest BCUT2D eigenvalue weighted by atomic mass is 32.2. The van der Waals surface area contributed by atoms with Crippen LogP contribution in [-0.2, 0) is 26.2 Å². The number of rotatable bonds is 8. The molecule has 1 heterocycles. The first-order valence-electron chi connectivity index (χ1n) is 9.59. The van der Waals surface area contributed by atoms with E-state index in [4.69, 9.17) is 9.47 Å². The second-order valence-corrected chi connectivity index (χ2v) is 8.89. The smallest absolute Gasteiger partial charge is 0.322 e. The Balaban J connectivity index is 1.81. The van der Waals surface area contributed by atoms with Gasteiger partial charge in [0.2, 0.25) is 10.0 Å². The lowest BCUT2D eigenvalue weighted by molar-refractivity contribution is -0.144. The molecule has 1 N–H and O–H groups in total. The van der Waals surface area contributed by atoms with Gasteiger partial charge in [-0.05, 0) is 36.2 Å². The van der Waals surface area contributed by atoms with Gasteiger partial charge in [-0.3, -0.25) is 4.79 Å². The molecule has 160 valence electrons. The largest absolute Gasteiger partial charge is 0.497 e. The minimum Gasteiger partial charge on any atom is -0.497 e. The summed E-state index contributed by atoms with van der Waals surface area (Å²) < 4.78 is 38.4. The topological polar surface area (TPSA) is 93.1 Å². The van der Waals surface area contributed by atoms with E-state index in [0.717, 1.165) is 9.87 Å². The van der Waals surface area contributed by atoms with Gasteiger partial charge in [0.05, 0.1) is 25.2 Å². The molecule has 0 fully saturated rings. The molecule has 1 aliphatic rings. The van der Waals surface area contributed by atoms with E-state index in [1.54, 1.807) is 6.08 Å². The molecule has 0 aliphatic carbocycles. The van der Waals surface area contributed by atoms with Gasteiger partial charge in [-0.15, -0.1) is 0 Å². The van der Waals surface area contributed by atoms with Crippen molar-refractivity contribution in [3.8, 4) is 5.75 Å². The van der Waals surface area contributed by atoms with E-state index in [9.17, 15) is 18.3 Å². The van der Waals surface area contributed by atoms with Gasteiger partial charge in [-0.25, -0.2) is 8.42 Å². The number of sulfonamides is 1. The van der Waals surface area contributed by atoms with E-state index < -0.39 is 28.0 Å². The fraction of sp³-hybridized carbons (Fsp3) is 0.318. The number of benzene rings is 2. The lowest BCUT2D eigenvalue weighted by atomic mass is 9.97. The molecule has 1 aliphatic heterocycles. The zero-order valence-electron chi connectivity index (χ0n) is 16.7. The van der Waals surface area contributed by atoms with E-state index >= 15 is 0 Å². The Morgan fingerprint density at radius 1 is 1.10 bits per heavy atom. The minimum absolute atomic E-state index is 0.0134. The first-order chi connectivity index (χ1) is 14.4. The summed E-state index contributed by atoms with van der Waals surface area (Å²) in [4.78, 5) is 12.2. The third-order valence-corrected chi connectivity index (χ3v) is 6.87. The minimum atomic E-state index is -4.02. The van der Waals surface area contributed by atoms with Crippen molar-refractivity contribution in [1.82, 2.24) is 4.31 Å². The molecule has 0 amide bonds. The Labute approximate surface area is 176 Å². The van der Waals surface area contributed by atoms with Crippen LogP contribution in [0, 0.1) is 5.92 Å². The standard InChI is InChI=1S/C22H25NO6S/c1-28-19-10-12-20(13-11-19)30(26,27)23-14-6-5-9-18(21(23)22(24)25)16-29-15-17-7-3-2-4-8-17/h2-8,10-13,18,21H,9,14-16H2,1H3,(H,24,25). The van der Waals surface area contributed by atoms with Crippen LogP contribution in [0.4, 0.5) is 0 Å². The van der Waals surface area contributed by atoms with Crippen LogP contribution in [0.15, 0.2) is 71.6 Å². The van der Waals surface area contributed by atoms with Crippen LogP contribution in [-0.4, -0.2) is 50.1 Å². The average Bonchev–Trinajstić information content (AvgIpc) is 2.98. The molecule has 30 heavy (non-hydrogen) atoms. The molecule has 2 aromatic rings. The van der Waals surface area contributed by atoms with Crippen molar-refractivity contribution in [2.24, 2.45) is 5.92 Å². The zero-order chi connectivity index (χ0) is 21.6. The normalized spacial score (nSPS) is 19.9. The van der Waals surface area contributed by atoms with E-state index in [0.29, 0.717) is 18.8 Å². The molecule has 0 radical (unpaired) electrons. The third kappa shape index (κ3) is 5.08. The average molecular weight is 432 g/mol. The van der Waals surface area contributed by atoms with Gasteiger partial charge in [-0.2, -0.15) is 4.31 Å². The zero-order valence-corrected chi connectivity index (χ0v) is 17.5. The quantitative estimate of drug-likeness (QED) is 0.646. The monoisotopic (exact) mass is 431 g/mol. The number of methoxy groups -OCH3 is 1. The summed E-state index contributed by atoms with van der Waals surface area (Å²) in [6.07, 6.45) is 3.92. The lowest BCUT2D eigenvalue weighted by Gasteiger charge is -2.31. The summed E-state index contributed by atoms with van der Waals surface area (Å²) >= 11 is 0. The number of carbonyl (C=O) groups is 1. The first kappa shape index (κ1) is 22.0. The molecule has 0 aromatic heterocycles. The van der Waals surface area contributed by atoms with Crippen LogP contribution in [0.2, 0.25) is 0 Å². The second-order valence-electron chi connectivity index (χ2n) is 7.00. The Morgan fingerprint density at radius 2 is 1.80 bits per heavy atom. The number of ether oxygens (including phenoxy) is 2. The SMILES string of the molecule is COc1ccc(S(=O)(=O)N2CC=CCC(COCc3ccccc3)C2C(=O)O)cc1. The van der Waals surface area contributed by atoms with Crippen LogP contribution >= 0.6 is 0 Å². The molecule has 0 bridgehead atoms. The molecule has 7 nitrogen and oxygen atoms in total. The van der Waals surface area contributed by atoms with Gasteiger partial charge >= 0.3 is 5.97 Å². The van der Waals surface area contributed by atoms with Crippen LogP contribution in [0.3, 0.4) is 0 Å². The maximum atomic E-state index is 13.2. The van der Waals surface area contributed by atoms with Crippen molar-refractivity contribution < 1.29 is 27.8 Å². The summed E-state index contributed by atoms with van der Waals surface area (Å²) in [7, 11) is -2.53. The number of hydrogen-bond acceptors (Lipinski definition) is 5. The van der Waals surface area contributed by atoms with Crippen molar-refractivity contribution in [3.05, 3.63) is 72.3 Å². The van der Waals surface area contributed by atoms with Gasteiger partial charge < -0.3 is 14.6 Å². The van der Waals surface area contributed by atoms with Crippen LogP contribution in [0.1, 0.15) is 12.0 Å². The molecule has 2 unspecified atom stereocenters. The molecule has 0 saturated carbocycles. The molecule has 8 heteroatoms. The predicted octanol–water partition coefficient (Wildman–Crippen LogP) is 2.93. The van der Waals surface area contributed by atoms with Crippen LogP contribution in [0.5, 0.6) is 5.75 Å². The molecule has 2 atom stereocenters. The van der Waals surface area contributed by atoms with Crippen molar-refractivity contribution in [3.63, 3.8) is 0 Å². The summed E-state index contributed by atoms with van der Waals surface area (Å²) in [6.45, 7) is 0.448. The molecule has 0 saturated heterocycles. The number of aliphatic carboxylic acids is 1. The first-order valence-corrected chi connectivity index (χ1v) is 11.0. The maximum Gasteiger partial charge on any atom is 0.322 e. The van der Waals surface area contributed by atoms with Crippen LogP contribution < -0.4 is 4.74 Å². The molecular formula is C22H25NO6S. The summed E-state index contributed by atoms with van der Waals surface area (Å²) in [5, 5.41) is 9.90. The summed E-state index contributed by atoms with van der Waals surface area (Å²) in [6, 6.07) is 14.2. The fourth-order valence-electron chi connectivity index (χ4n) is 3.44. The number of hydrogen-bond donors (Lipinski definition) is 1. The Bertz CT molecular complexity index is 972. The fourth-order valence-corrected chi connectivity index (χ4v) is 5.04. The Hall–Kier alpha value is -2.68. The Kier molecular flexibility index (Phi) is 7.25. The third-order valence-electron chi connectivity index (χ3n) is 5.01. The van der Waals surface area contributed by atoms with E-state index in [1.807, 2.05) is 36.4 Å². The highest BCUT2D eigenvalue weighted by Gasteiger charge is 2.41. The number of nitrogens with zero attached hydrogens (tertiary/aromatic N) is 1. The van der Waals surface area contributed by atoms with Gasteiger partial charge in [0.15, 0.2) is 0 Å². The molecule has 2 aromatic carbocycles. The lowest BCUT2D eigenvalue weighted by Crippen LogP contribution is -2.49. The van der Waals surface area contributed by atoms with Gasteiger partial charge in [0.1, 0.15) is 11.8 Å². The van der Waals surface area contributed by atoms with Crippen molar-refractivity contribution >= 4 is 16.0 Å². The van der Waals surface area contributed by atoms with Crippen molar-refractivity contribution in [2.45, 2.75) is 24.0 Å². The second kappa shape index (κ2) is 9.88. The van der Waals surface area contributed by atoms with Gasteiger partial charge in [0, 0.05) is 12.5 Å². The molecule has 3 rings (SSSR count). The van der Waals surface area contributed by atoms with Crippen LogP contribution in [0.25, 0.3) is 0 Å². The van der Waals surface area contributed by atoms with Crippen molar-refractivity contribution in [2.75, 3.05) is 20.3 Å². The Morgan fingerprint density at radius 3 is 2.43 bits per heavy atom. The summed E-state index contributed by atoms with van der Waals surface area (Å²) in [5.74, 6) is -1.19. The van der Waals surface area contributed by atoms with Gasteiger partial charge in [0.25, 0.3) is 0 Å². The van der Waals surface area contributed by atoms with Gasteiger partial charge in [-0.1, -0.05) is 42.5 Å². The maximum absolute atomic E-state index is 13.2. The predicted molar refractivity (Wildman–Crippen MR) is 112 cm³/mol. The summed E-state index contributed by atoms with van der Waals surface area (Å²) in [5.41, 5.74) is 0.969. The molecular weight excluding hydrogens is 406 g/mol. The number of carboxylic acid groups (broad SMARTS) is 1. The number of carboxylic acids is 1. The van der Waals surface area contributed by atoms with E-state index in [2.05, 4.69) is 0 Å². The van der Waals surface area contributed by atoms with Crippen molar-refractivity contribution in [1.29, 1.82) is 0 Å². The molecule has 0 spiro atoms. The number of allylic oxidation sites excluding steroid dienone is 1.